The van der Waals surface area contributed by atoms with Gasteiger partial charge in [-0.1, -0.05) is 31.7 Å². The Kier molecular flexibility index (Phi) is 9.57. The summed E-state index contributed by atoms with van der Waals surface area (Å²) in [5.74, 6) is -1.26. The Hall–Kier alpha value is -2.75. The summed E-state index contributed by atoms with van der Waals surface area (Å²) >= 11 is 0.728. The van der Waals surface area contributed by atoms with Crippen LogP contribution in [0.1, 0.15) is 58.6 Å². The number of anilines is 1. The van der Waals surface area contributed by atoms with Crippen molar-refractivity contribution in [1.82, 2.24) is 16.2 Å². The molecule has 1 atom stereocenters. The van der Waals surface area contributed by atoms with Gasteiger partial charge in [-0.2, -0.15) is 0 Å². The highest BCUT2D eigenvalue weighted by Gasteiger charge is 2.27. The average molecular weight is 479 g/mol. The molecule has 4 N–H and O–H groups in total. The first kappa shape index (κ1) is 26.5. The lowest BCUT2D eigenvalue weighted by molar-refractivity contribution is -0.124. The second kappa shape index (κ2) is 11.9. The standard InChI is InChI=1S/C23H34N4O5S/c1-14(2)19(25-21(30)32-23(3,4)5)20(29)26-27-22(31)33-13-18(28)24-17-11-10-15-8-6-7-9-16(15)12-17/h10-12,14,19H,6-9,13H2,1-5H3,(H,24,28)(H,25,30)(H,26,29)(H,27,31)/t19-/m0/s1. The minimum atomic E-state index is -0.905. The van der Waals surface area contributed by atoms with Gasteiger partial charge in [0.25, 0.3) is 11.1 Å². The molecule has 1 aliphatic rings. The van der Waals surface area contributed by atoms with Crippen molar-refractivity contribution in [3.63, 3.8) is 0 Å². The van der Waals surface area contributed by atoms with Gasteiger partial charge in [0, 0.05) is 5.69 Å². The van der Waals surface area contributed by atoms with Crippen LogP contribution in [0.15, 0.2) is 18.2 Å². The highest BCUT2D eigenvalue weighted by molar-refractivity contribution is 8.14. The molecule has 0 bridgehead atoms. The molecule has 1 aromatic carbocycles. The predicted octanol–water partition coefficient (Wildman–Crippen LogP) is 3.53. The summed E-state index contributed by atoms with van der Waals surface area (Å²) in [4.78, 5) is 48.6. The monoisotopic (exact) mass is 478 g/mol. The molecule has 0 saturated carbocycles. The molecule has 0 unspecified atom stereocenters. The third-order valence-corrected chi connectivity index (χ3v) is 5.65. The average Bonchev–Trinajstić information content (AvgIpc) is 2.72. The fourth-order valence-corrected chi connectivity index (χ4v) is 3.79. The highest BCUT2D eigenvalue weighted by atomic mass is 32.2. The van der Waals surface area contributed by atoms with Crippen LogP contribution in [0.4, 0.5) is 15.3 Å². The number of hydrogen-bond acceptors (Lipinski definition) is 6. The number of amides is 4. The van der Waals surface area contributed by atoms with Gasteiger partial charge in [0.05, 0.1) is 5.75 Å². The van der Waals surface area contributed by atoms with Crippen LogP contribution < -0.4 is 21.5 Å². The first-order valence-corrected chi connectivity index (χ1v) is 12.1. The number of nitrogens with one attached hydrogen (secondary N) is 4. The van der Waals surface area contributed by atoms with Gasteiger partial charge in [0.15, 0.2) is 0 Å². The van der Waals surface area contributed by atoms with Crippen LogP contribution in [0.25, 0.3) is 0 Å². The lowest BCUT2D eigenvalue weighted by Gasteiger charge is -2.25. The number of fused-ring (bicyclic) bond motifs is 1. The zero-order valence-electron chi connectivity index (χ0n) is 19.9. The first-order valence-electron chi connectivity index (χ1n) is 11.1. The van der Waals surface area contributed by atoms with Gasteiger partial charge in [-0.25, -0.2) is 4.79 Å². The quantitative estimate of drug-likeness (QED) is 0.464. The third kappa shape index (κ3) is 9.33. The van der Waals surface area contributed by atoms with Gasteiger partial charge in [-0.3, -0.25) is 25.2 Å². The lowest BCUT2D eigenvalue weighted by Crippen LogP contribution is -2.54. The normalized spacial score (nSPS) is 14.0. The molecule has 2 rings (SSSR count). The Morgan fingerprint density at radius 3 is 2.33 bits per heavy atom. The Balaban J connectivity index is 1.76. The summed E-state index contributed by atoms with van der Waals surface area (Å²) in [7, 11) is 0. The van der Waals surface area contributed by atoms with Crippen molar-refractivity contribution >= 4 is 40.6 Å². The fourth-order valence-electron chi connectivity index (χ4n) is 3.34. The van der Waals surface area contributed by atoms with Crippen LogP contribution >= 0.6 is 11.8 Å². The topological polar surface area (TPSA) is 126 Å². The predicted molar refractivity (Wildman–Crippen MR) is 129 cm³/mol. The number of benzene rings is 1. The number of hydrogen-bond donors (Lipinski definition) is 4. The Bertz CT molecular complexity index is 882. The van der Waals surface area contributed by atoms with Crippen molar-refractivity contribution in [2.24, 2.45) is 5.92 Å². The van der Waals surface area contributed by atoms with Crippen molar-refractivity contribution in [2.45, 2.75) is 71.9 Å². The number of alkyl carbamates (subject to hydrolysis) is 1. The van der Waals surface area contributed by atoms with E-state index in [2.05, 4.69) is 21.5 Å². The minimum absolute atomic E-state index is 0.109. The van der Waals surface area contributed by atoms with E-state index in [0.29, 0.717) is 5.69 Å². The molecule has 9 nitrogen and oxygen atoms in total. The molecular formula is C23H34N4O5S. The molecule has 0 spiro atoms. The van der Waals surface area contributed by atoms with Gasteiger partial charge in [0.1, 0.15) is 11.6 Å². The van der Waals surface area contributed by atoms with Gasteiger partial charge in [-0.15, -0.1) is 0 Å². The first-order chi connectivity index (χ1) is 15.4. The smallest absolute Gasteiger partial charge is 0.408 e. The number of thioether (sulfide) groups is 1. The van der Waals surface area contributed by atoms with Crippen molar-refractivity contribution < 1.29 is 23.9 Å². The zero-order valence-corrected chi connectivity index (χ0v) is 20.7. The van der Waals surface area contributed by atoms with Crippen molar-refractivity contribution in [3.8, 4) is 0 Å². The fraction of sp³-hybridized carbons (Fsp3) is 0.565. The Morgan fingerprint density at radius 2 is 1.70 bits per heavy atom. The molecule has 10 heteroatoms. The summed E-state index contributed by atoms with van der Waals surface area (Å²) in [6.45, 7) is 8.66. The lowest BCUT2D eigenvalue weighted by atomic mass is 9.91. The van der Waals surface area contributed by atoms with Crippen LogP contribution in [-0.2, 0) is 27.2 Å². The minimum Gasteiger partial charge on any atom is -0.444 e. The van der Waals surface area contributed by atoms with Gasteiger partial charge >= 0.3 is 6.09 Å². The Labute approximate surface area is 199 Å². The van der Waals surface area contributed by atoms with Crippen LogP contribution in [0.5, 0.6) is 0 Å². The molecule has 0 saturated heterocycles. The molecule has 33 heavy (non-hydrogen) atoms. The van der Waals surface area contributed by atoms with Crippen molar-refractivity contribution in [2.75, 3.05) is 11.1 Å². The molecular weight excluding hydrogens is 444 g/mol. The maximum absolute atomic E-state index is 12.4. The van der Waals surface area contributed by atoms with E-state index < -0.39 is 28.9 Å². The molecule has 0 aromatic heterocycles. The van der Waals surface area contributed by atoms with Crippen LogP contribution in [0.2, 0.25) is 0 Å². The summed E-state index contributed by atoms with van der Waals surface area (Å²) in [6, 6.07) is 4.99. The summed E-state index contributed by atoms with van der Waals surface area (Å²) in [5, 5.41) is 4.70. The largest absolute Gasteiger partial charge is 0.444 e. The van der Waals surface area contributed by atoms with E-state index in [1.165, 1.54) is 17.5 Å². The molecule has 4 amide bonds. The van der Waals surface area contributed by atoms with Crippen LogP contribution in [-0.4, -0.2) is 40.5 Å². The molecule has 0 heterocycles. The van der Waals surface area contributed by atoms with Crippen molar-refractivity contribution in [3.05, 3.63) is 29.3 Å². The number of hydrazine groups is 1. The zero-order chi connectivity index (χ0) is 24.6. The van der Waals surface area contributed by atoms with E-state index >= 15 is 0 Å². The summed E-state index contributed by atoms with van der Waals surface area (Å²) in [6.07, 6.45) is 3.69. The summed E-state index contributed by atoms with van der Waals surface area (Å²) < 4.78 is 5.17. The second-order valence-corrected chi connectivity index (χ2v) is 10.2. The molecule has 1 aromatic rings. The van der Waals surface area contributed by atoms with Crippen molar-refractivity contribution in [1.29, 1.82) is 0 Å². The number of ether oxygens (including phenoxy) is 1. The maximum Gasteiger partial charge on any atom is 0.408 e. The Morgan fingerprint density at radius 1 is 1.03 bits per heavy atom. The molecule has 0 radical (unpaired) electrons. The van der Waals surface area contributed by atoms with E-state index in [0.717, 1.165) is 31.0 Å². The van der Waals surface area contributed by atoms with Crippen LogP contribution in [0, 0.1) is 5.92 Å². The highest BCUT2D eigenvalue weighted by Crippen LogP contribution is 2.24. The maximum atomic E-state index is 12.4. The van der Waals surface area contributed by atoms with Crippen LogP contribution in [0.3, 0.4) is 0 Å². The van der Waals surface area contributed by atoms with Gasteiger partial charge in [-0.05, 0) is 75.6 Å². The summed E-state index contributed by atoms with van der Waals surface area (Å²) in [5.41, 5.74) is 7.12. The SMILES string of the molecule is CC(C)[C@H](NC(=O)OC(C)(C)C)C(=O)NNC(=O)SCC(=O)Nc1ccc2c(c1)CCCC2. The number of carbonyl (C=O) groups excluding carboxylic acids is 4. The molecule has 0 aliphatic heterocycles. The molecule has 1 aliphatic carbocycles. The van der Waals surface area contributed by atoms with Gasteiger partial charge < -0.3 is 15.4 Å². The molecule has 0 fully saturated rings. The van der Waals surface area contributed by atoms with E-state index in [1.807, 2.05) is 18.2 Å². The molecule has 182 valence electrons. The van der Waals surface area contributed by atoms with E-state index in [9.17, 15) is 19.2 Å². The van der Waals surface area contributed by atoms with E-state index in [4.69, 9.17) is 4.74 Å². The van der Waals surface area contributed by atoms with E-state index in [1.54, 1.807) is 34.6 Å². The second-order valence-electron chi connectivity index (χ2n) is 9.30. The van der Waals surface area contributed by atoms with Gasteiger partial charge in [0.2, 0.25) is 5.91 Å². The number of aryl methyl sites for hydroxylation is 2. The third-order valence-electron chi connectivity index (χ3n) is 4.88. The van der Waals surface area contributed by atoms with E-state index in [-0.39, 0.29) is 17.6 Å². The number of rotatable bonds is 6. The number of carbonyl (C=O) groups is 4.